The standard InChI is InChI=1S/C16H24N2O3/c1-10-13(16(20)21-4)11(2)17-14(10)15(19)12(3)18-8-6-5-7-9-18/h12,17H,5-9H2,1-4H3/p+1/t12-/m1/s1. The summed E-state index contributed by atoms with van der Waals surface area (Å²) >= 11 is 0. The lowest BCUT2D eigenvalue weighted by Gasteiger charge is -2.28. The summed E-state index contributed by atoms with van der Waals surface area (Å²) in [5.41, 5.74) is 2.44. The maximum Gasteiger partial charge on any atom is 0.339 e. The van der Waals surface area contributed by atoms with Crippen LogP contribution in [0.3, 0.4) is 0 Å². The number of piperidine rings is 1. The number of likely N-dealkylation sites (tertiary alicyclic amines) is 1. The molecule has 5 nitrogen and oxygen atoms in total. The molecule has 2 rings (SSSR count). The molecule has 1 aromatic heterocycles. The van der Waals surface area contributed by atoms with Crippen molar-refractivity contribution in [3.05, 3.63) is 22.5 Å². The lowest BCUT2D eigenvalue weighted by atomic mass is 10.0. The number of quaternary nitrogens is 1. The van der Waals surface area contributed by atoms with Crippen molar-refractivity contribution in [1.82, 2.24) is 4.98 Å². The number of ketones is 1. The number of H-pyrrole nitrogens is 1. The van der Waals surface area contributed by atoms with Crippen LogP contribution in [0, 0.1) is 13.8 Å². The number of esters is 1. The van der Waals surface area contributed by atoms with Crippen LogP contribution >= 0.6 is 0 Å². The van der Waals surface area contributed by atoms with E-state index < -0.39 is 5.97 Å². The number of carbonyl (C=O) groups is 2. The summed E-state index contributed by atoms with van der Waals surface area (Å²) in [5.74, 6) is -0.305. The van der Waals surface area contributed by atoms with Gasteiger partial charge in [-0.15, -0.1) is 0 Å². The molecule has 21 heavy (non-hydrogen) atoms. The number of carbonyl (C=O) groups excluding carboxylic acids is 2. The molecule has 0 radical (unpaired) electrons. The second-order valence-corrected chi connectivity index (χ2v) is 5.92. The average Bonchev–Trinajstić information content (AvgIpc) is 2.80. The molecule has 0 saturated carbocycles. The fourth-order valence-electron chi connectivity index (χ4n) is 3.25. The second-order valence-electron chi connectivity index (χ2n) is 5.92. The van der Waals surface area contributed by atoms with E-state index in [0.717, 1.165) is 13.1 Å². The molecular formula is C16H25N2O3+. The predicted molar refractivity (Wildman–Crippen MR) is 79.9 cm³/mol. The zero-order valence-corrected chi connectivity index (χ0v) is 13.3. The molecule has 116 valence electrons. The van der Waals surface area contributed by atoms with E-state index in [1.54, 1.807) is 13.8 Å². The first-order valence-corrected chi connectivity index (χ1v) is 7.63. The van der Waals surface area contributed by atoms with Crippen LogP contribution in [-0.2, 0) is 4.74 Å². The zero-order chi connectivity index (χ0) is 15.6. The van der Waals surface area contributed by atoms with Crippen LogP contribution in [0.1, 0.15) is 58.3 Å². The van der Waals surface area contributed by atoms with E-state index in [1.807, 2.05) is 6.92 Å². The molecule has 0 amide bonds. The van der Waals surface area contributed by atoms with Crippen LogP contribution in [0.5, 0.6) is 0 Å². The summed E-state index contributed by atoms with van der Waals surface area (Å²) in [5, 5.41) is 0. The molecule has 1 atom stereocenters. The van der Waals surface area contributed by atoms with Gasteiger partial charge in [-0.3, -0.25) is 4.79 Å². The number of methoxy groups -OCH3 is 1. The molecule has 1 aromatic rings. The van der Waals surface area contributed by atoms with Gasteiger partial charge in [0.1, 0.15) is 6.04 Å². The van der Waals surface area contributed by atoms with E-state index in [0.29, 0.717) is 22.5 Å². The monoisotopic (exact) mass is 293 g/mol. The molecule has 1 aliphatic heterocycles. The van der Waals surface area contributed by atoms with Crippen molar-refractivity contribution >= 4 is 11.8 Å². The largest absolute Gasteiger partial charge is 0.465 e. The van der Waals surface area contributed by atoms with E-state index in [9.17, 15) is 9.59 Å². The minimum Gasteiger partial charge on any atom is -0.465 e. The Morgan fingerprint density at radius 1 is 1.19 bits per heavy atom. The second kappa shape index (κ2) is 6.43. The Kier molecular flexibility index (Phi) is 4.83. The fraction of sp³-hybridized carbons (Fsp3) is 0.625. The topological polar surface area (TPSA) is 63.6 Å². The Hall–Kier alpha value is -1.62. The maximum absolute atomic E-state index is 12.7. The Morgan fingerprint density at radius 2 is 1.81 bits per heavy atom. The van der Waals surface area contributed by atoms with Gasteiger partial charge in [0.15, 0.2) is 0 Å². The fourth-order valence-corrected chi connectivity index (χ4v) is 3.25. The van der Waals surface area contributed by atoms with Gasteiger partial charge >= 0.3 is 5.97 Å². The van der Waals surface area contributed by atoms with Gasteiger partial charge in [-0.25, -0.2) is 4.79 Å². The zero-order valence-electron chi connectivity index (χ0n) is 13.3. The van der Waals surface area contributed by atoms with Crippen molar-refractivity contribution in [2.24, 2.45) is 0 Å². The molecule has 0 spiro atoms. The number of ether oxygens (including phenoxy) is 1. The van der Waals surface area contributed by atoms with E-state index in [-0.39, 0.29) is 11.8 Å². The molecule has 1 fully saturated rings. The normalized spacial score (nSPS) is 17.5. The van der Waals surface area contributed by atoms with Gasteiger partial charge < -0.3 is 14.6 Å². The number of hydrogen-bond acceptors (Lipinski definition) is 3. The van der Waals surface area contributed by atoms with Gasteiger partial charge in [-0.1, -0.05) is 0 Å². The first-order valence-electron chi connectivity index (χ1n) is 7.63. The van der Waals surface area contributed by atoms with Gasteiger partial charge in [-0.2, -0.15) is 0 Å². The van der Waals surface area contributed by atoms with Gasteiger partial charge in [0, 0.05) is 5.69 Å². The number of hydrogen-bond donors (Lipinski definition) is 2. The minimum atomic E-state index is -0.390. The lowest BCUT2D eigenvalue weighted by molar-refractivity contribution is -0.918. The van der Waals surface area contributed by atoms with Crippen LogP contribution < -0.4 is 4.90 Å². The molecule has 1 saturated heterocycles. The first-order chi connectivity index (χ1) is 9.97. The van der Waals surface area contributed by atoms with Crippen molar-refractivity contribution in [3.63, 3.8) is 0 Å². The third-order valence-electron chi connectivity index (χ3n) is 4.57. The molecule has 2 N–H and O–H groups in total. The number of aromatic nitrogens is 1. The molecule has 0 bridgehead atoms. The molecule has 1 aliphatic rings. The van der Waals surface area contributed by atoms with Crippen molar-refractivity contribution in [1.29, 1.82) is 0 Å². The van der Waals surface area contributed by atoms with Gasteiger partial charge in [0.2, 0.25) is 5.78 Å². The van der Waals surface area contributed by atoms with E-state index >= 15 is 0 Å². The van der Waals surface area contributed by atoms with Crippen LogP contribution in [0.4, 0.5) is 0 Å². The van der Waals surface area contributed by atoms with Crippen LogP contribution in [-0.4, -0.2) is 43.0 Å². The summed E-state index contributed by atoms with van der Waals surface area (Å²) in [6.45, 7) is 7.69. The molecule has 0 aliphatic carbocycles. The Bertz CT molecular complexity index is 542. The van der Waals surface area contributed by atoms with E-state index in [2.05, 4.69) is 4.98 Å². The summed E-state index contributed by atoms with van der Waals surface area (Å²) in [6.07, 6.45) is 3.63. The highest BCUT2D eigenvalue weighted by atomic mass is 16.5. The van der Waals surface area contributed by atoms with Gasteiger partial charge in [-0.05, 0) is 45.6 Å². The molecule has 0 unspecified atom stereocenters. The van der Waals surface area contributed by atoms with Crippen LogP contribution in [0.15, 0.2) is 0 Å². The number of nitrogens with one attached hydrogen (secondary N) is 2. The van der Waals surface area contributed by atoms with Crippen LogP contribution in [0.25, 0.3) is 0 Å². The highest BCUT2D eigenvalue weighted by molar-refractivity contribution is 6.03. The molecule has 5 heteroatoms. The Labute approximate surface area is 125 Å². The van der Waals surface area contributed by atoms with Crippen molar-refractivity contribution in [2.75, 3.05) is 20.2 Å². The van der Waals surface area contributed by atoms with Gasteiger partial charge in [0.05, 0.1) is 31.5 Å². The molecular weight excluding hydrogens is 268 g/mol. The van der Waals surface area contributed by atoms with Gasteiger partial charge in [0.25, 0.3) is 0 Å². The summed E-state index contributed by atoms with van der Waals surface area (Å²) in [7, 11) is 1.36. The quantitative estimate of drug-likeness (QED) is 0.644. The smallest absolute Gasteiger partial charge is 0.339 e. The van der Waals surface area contributed by atoms with Crippen LogP contribution in [0.2, 0.25) is 0 Å². The molecule has 0 aromatic carbocycles. The van der Waals surface area contributed by atoms with E-state index in [4.69, 9.17) is 4.74 Å². The third kappa shape index (κ3) is 3.02. The Balaban J connectivity index is 2.25. The predicted octanol–water partition coefficient (Wildman–Crippen LogP) is 1.06. The third-order valence-corrected chi connectivity index (χ3v) is 4.57. The number of aromatic amines is 1. The number of rotatable bonds is 4. The summed E-state index contributed by atoms with van der Waals surface area (Å²) < 4.78 is 4.79. The lowest BCUT2D eigenvalue weighted by Crippen LogP contribution is -3.17. The number of Topliss-reactive ketones (excluding diaryl/α,β-unsaturated/α-hetero) is 1. The molecule has 2 heterocycles. The minimum absolute atomic E-state index is 0.0763. The highest BCUT2D eigenvalue weighted by Crippen LogP contribution is 2.20. The Morgan fingerprint density at radius 3 is 2.38 bits per heavy atom. The van der Waals surface area contributed by atoms with E-state index in [1.165, 1.54) is 31.3 Å². The summed E-state index contributed by atoms with van der Waals surface area (Å²) in [4.78, 5) is 29.0. The highest BCUT2D eigenvalue weighted by Gasteiger charge is 2.31. The first kappa shape index (κ1) is 15.8. The maximum atomic E-state index is 12.7. The van der Waals surface area contributed by atoms with Crippen molar-refractivity contribution in [3.8, 4) is 0 Å². The average molecular weight is 293 g/mol. The number of aryl methyl sites for hydroxylation is 1. The van der Waals surface area contributed by atoms with Crippen molar-refractivity contribution < 1.29 is 19.2 Å². The summed E-state index contributed by atoms with van der Waals surface area (Å²) in [6, 6.07) is -0.0763. The van der Waals surface area contributed by atoms with Crippen molar-refractivity contribution in [2.45, 2.75) is 46.1 Å². The SMILES string of the molecule is COC(=O)c1c(C)[nH]c(C(=O)[C@@H](C)[NH+]2CCCCC2)c1C.